The highest BCUT2D eigenvalue weighted by Crippen LogP contribution is 2.29. The molecule has 0 amide bonds. The fourth-order valence-corrected chi connectivity index (χ4v) is 4.22. The minimum Gasteiger partial charge on any atom is -0.369 e. The Hall–Kier alpha value is -2.71. The van der Waals surface area contributed by atoms with Crippen LogP contribution in [0.25, 0.3) is 10.2 Å². The summed E-state index contributed by atoms with van der Waals surface area (Å²) in [6.07, 6.45) is 0. The Kier molecular flexibility index (Phi) is 5.17. The van der Waals surface area contributed by atoms with E-state index in [2.05, 4.69) is 44.4 Å². The Balaban J connectivity index is 1.27. The van der Waals surface area contributed by atoms with Crippen LogP contribution < -0.4 is 10.2 Å². The standard InChI is InChI=1S/C19H21N5O2S/c25-24(26)16-6-7-17-18(14-16)27-19(21-17)20-8-9-22-10-12-23(13-11-22)15-4-2-1-3-5-15/h1-7,14H,8-13H2,(H,20,21). The van der Waals surface area contributed by atoms with Gasteiger partial charge in [-0.1, -0.05) is 29.5 Å². The van der Waals surface area contributed by atoms with Gasteiger partial charge in [0.05, 0.1) is 15.1 Å². The second-order valence-electron chi connectivity index (χ2n) is 6.52. The number of fused-ring (bicyclic) bond motifs is 1. The summed E-state index contributed by atoms with van der Waals surface area (Å²) in [5, 5.41) is 15.0. The third-order valence-corrected chi connectivity index (χ3v) is 5.76. The highest BCUT2D eigenvalue weighted by atomic mass is 32.1. The first-order valence-corrected chi connectivity index (χ1v) is 9.82. The Labute approximate surface area is 161 Å². The zero-order valence-corrected chi connectivity index (χ0v) is 15.7. The van der Waals surface area contributed by atoms with Gasteiger partial charge < -0.3 is 10.2 Å². The fraction of sp³-hybridized carbons (Fsp3) is 0.316. The van der Waals surface area contributed by atoms with E-state index in [1.54, 1.807) is 12.1 Å². The van der Waals surface area contributed by atoms with E-state index in [4.69, 9.17) is 0 Å². The quantitative estimate of drug-likeness (QED) is 0.519. The average molecular weight is 383 g/mol. The molecule has 7 nitrogen and oxygen atoms in total. The van der Waals surface area contributed by atoms with Crippen molar-refractivity contribution in [2.45, 2.75) is 0 Å². The molecule has 0 bridgehead atoms. The molecule has 2 heterocycles. The number of rotatable bonds is 6. The number of nitrogens with one attached hydrogen (secondary N) is 1. The molecule has 1 aliphatic rings. The molecule has 1 N–H and O–H groups in total. The molecule has 1 fully saturated rings. The van der Waals surface area contributed by atoms with Crippen molar-refractivity contribution >= 4 is 38.1 Å². The van der Waals surface area contributed by atoms with Crippen molar-refractivity contribution in [1.29, 1.82) is 0 Å². The number of hydrogen-bond acceptors (Lipinski definition) is 7. The predicted octanol–water partition coefficient (Wildman–Crippen LogP) is 3.44. The number of para-hydroxylation sites is 1. The molecule has 0 saturated carbocycles. The maximum absolute atomic E-state index is 10.9. The van der Waals surface area contributed by atoms with Gasteiger partial charge in [-0.2, -0.15) is 0 Å². The number of thiazole rings is 1. The smallest absolute Gasteiger partial charge is 0.270 e. The minimum atomic E-state index is -0.374. The van der Waals surface area contributed by atoms with Crippen molar-refractivity contribution in [3.8, 4) is 0 Å². The normalized spacial score (nSPS) is 15.2. The lowest BCUT2D eigenvalue weighted by Crippen LogP contribution is -2.47. The number of benzene rings is 2. The van der Waals surface area contributed by atoms with Crippen molar-refractivity contribution in [1.82, 2.24) is 9.88 Å². The van der Waals surface area contributed by atoms with Crippen LogP contribution in [0.5, 0.6) is 0 Å². The summed E-state index contributed by atoms with van der Waals surface area (Å²) in [5.74, 6) is 0. The summed E-state index contributed by atoms with van der Waals surface area (Å²) in [5.41, 5.74) is 2.19. The topological polar surface area (TPSA) is 74.5 Å². The molecule has 1 saturated heterocycles. The first kappa shape index (κ1) is 17.7. The van der Waals surface area contributed by atoms with Crippen LogP contribution in [0.4, 0.5) is 16.5 Å². The molecule has 0 unspecified atom stereocenters. The van der Waals surface area contributed by atoms with Crippen LogP contribution in [0.2, 0.25) is 0 Å². The maximum atomic E-state index is 10.9. The molecule has 3 aromatic rings. The van der Waals surface area contributed by atoms with Gasteiger partial charge in [0.25, 0.3) is 5.69 Å². The number of anilines is 2. The maximum Gasteiger partial charge on any atom is 0.270 e. The molecular weight excluding hydrogens is 362 g/mol. The van der Waals surface area contributed by atoms with Crippen molar-refractivity contribution in [2.24, 2.45) is 0 Å². The molecule has 0 radical (unpaired) electrons. The summed E-state index contributed by atoms with van der Waals surface area (Å²) in [6.45, 7) is 5.93. The third kappa shape index (κ3) is 4.17. The number of nitrogens with zero attached hydrogens (tertiary/aromatic N) is 4. The van der Waals surface area contributed by atoms with Crippen LogP contribution in [-0.4, -0.2) is 54.1 Å². The van der Waals surface area contributed by atoms with Gasteiger partial charge in [-0.15, -0.1) is 0 Å². The number of hydrogen-bond donors (Lipinski definition) is 1. The Bertz CT molecular complexity index is 922. The van der Waals surface area contributed by atoms with Crippen molar-refractivity contribution in [3.05, 3.63) is 58.6 Å². The second kappa shape index (κ2) is 7.89. The van der Waals surface area contributed by atoms with E-state index in [1.807, 2.05) is 6.07 Å². The van der Waals surface area contributed by atoms with E-state index >= 15 is 0 Å². The van der Waals surface area contributed by atoms with Crippen LogP contribution >= 0.6 is 11.3 Å². The SMILES string of the molecule is O=[N+]([O-])c1ccc2nc(NCCN3CCN(c4ccccc4)CC3)sc2c1. The van der Waals surface area contributed by atoms with Crippen LogP contribution in [0.15, 0.2) is 48.5 Å². The van der Waals surface area contributed by atoms with E-state index in [-0.39, 0.29) is 10.6 Å². The summed E-state index contributed by atoms with van der Waals surface area (Å²) in [6, 6.07) is 15.3. The molecule has 2 aromatic carbocycles. The lowest BCUT2D eigenvalue weighted by Gasteiger charge is -2.36. The van der Waals surface area contributed by atoms with Crippen molar-refractivity contribution in [2.75, 3.05) is 49.5 Å². The summed E-state index contributed by atoms with van der Waals surface area (Å²) in [7, 11) is 0. The monoisotopic (exact) mass is 383 g/mol. The van der Waals surface area contributed by atoms with Gasteiger partial charge >= 0.3 is 0 Å². The van der Waals surface area contributed by atoms with E-state index in [0.717, 1.165) is 54.6 Å². The highest BCUT2D eigenvalue weighted by molar-refractivity contribution is 7.22. The number of aromatic nitrogens is 1. The predicted molar refractivity (Wildman–Crippen MR) is 110 cm³/mol. The molecule has 1 aromatic heterocycles. The molecule has 140 valence electrons. The largest absolute Gasteiger partial charge is 0.369 e. The van der Waals surface area contributed by atoms with Gasteiger partial charge in [-0.3, -0.25) is 15.0 Å². The number of piperazine rings is 1. The zero-order valence-electron chi connectivity index (χ0n) is 14.9. The molecule has 8 heteroatoms. The number of non-ortho nitro benzene ring substituents is 1. The van der Waals surface area contributed by atoms with Crippen molar-refractivity contribution < 1.29 is 4.92 Å². The summed E-state index contributed by atoms with van der Waals surface area (Å²) >= 11 is 1.46. The van der Waals surface area contributed by atoms with Gasteiger partial charge in [-0.05, 0) is 18.2 Å². The Morgan fingerprint density at radius 1 is 1.11 bits per heavy atom. The lowest BCUT2D eigenvalue weighted by atomic mass is 10.2. The second-order valence-corrected chi connectivity index (χ2v) is 7.55. The lowest BCUT2D eigenvalue weighted by molar-refractivity contribution is -0.384. The molecule has 27 heavy (non-hydrogen) atoms. The van der Waals surface area contributed by atoms with E-state index in [0.29, 0.717) is 0 Å². The van der Waals surface area contributed by atoms with Gasteiger partial charge in [0.15, 0.2) is 5.13 Å². The molecule has 4 rings (SSSR count). The number of nitro benzene ring substituents is 1. The van der Waals surface area contributed by atoms with E-state index in [9.17, 15) is 10.1 Å². The molecule has 0 aliphatic carbocycles. The van der Waals surface area contributed by atoms with Crippen LogP contribution in [0, 0.1) is 10.1 Å². The Morgan fingerprint density at radius 3 is 2.63 bits per heavy atom. The third-order valence-electron chi connectivity index (χ3n) is 4.78. The van der Waals surface area contributed by atoms with E-state index < -0.39 is 0 Å². The van der Waals surface area contributed by atoms with Gasteiger partial charge in [0, 0.05) is 57.1 Å². The Morgan fingerprint density at radius 2 is 1.89 bits per heavy atom. The number of nitro groups is 1. The van der Waals surface area contributed by atoms with Crippen LogP contribution in [0.3, 0.4) is 0 Å². The first-order valence-electron chi connectivity index (χ1n) is 9.00. The van der Waals surface area contributed by atoms with Gasteiger partial charge in [-0.25, -0.2) is 4.98 Å². The van der Waals surface area contributed by atoms with E-state index in [1.165, 1.54) is 23.1 Å². The molecule has 0 spiro atoms. The van der Waals surface area contributed by atoms with Crippen LogP contribution in [0.1, 0.15) is 0 Å². The van der Waals surface area contributed by atoms with Crippen molar-refractivity contribution in [3.63, 3.8) is 0 Å². The molecule has 0 atom stereocenters. The highest BCUT2D eigenvalue weighted by Gasteiger charge is 2.17. The summed E-state index contributed by atoms with van der Waals surface area (Å²) in [4.78, 5) is 19.9. The van der Waals surface area contributed by atoms with Gasteiger partial charge in [0.1, 0.15) is 0 Å². The molecular formula is C19H21N5O2S. The van der Waals surface area contributed by atoms with Crippen LogP contribution in [-0.2, 0) is 0 Å². The van der Waals surface area contributed by atoms with Gasteiger partial charge in [0.2, 0.25) is 0 Å². The zero-order chi connectivity index (χ0) is 18.6. The first-order chi connectivity index (χ1) is 13.2. The summed E-state index contributed by atoms with van der Waals surface area (Å²) < 4.78 is 0.836. The molecule has 1 aliphatic heterocycles. The fourth-order valence-electron chi connectivity index (χ4n) is 3.29. The average Bonchev–Trinajstić information content (AvgIpc) is 3.11. The minimum absolute atomic E-state index is 0.106.